The first-order chi connectivity index (χ1) is 15.2. The Morgan fingerprint density at radius 3 is 2.52 bits per heavy atom. The normalized spacial score (nSPS) is 19.2. The van der Waals surface area contributed by atoms with Gasteiger partial charge in [-0.1, -0.05) is 18.2 Å². The fourth-order valence-corrected chi connectivity index (χ4v) is 5.13. The number of aromatic nitrogens is 3. The zero-order chi connectivity index (χ0) is 21.2. The summed E-state index contributed by atoms with van der Waals surface area (Å²) in [5.41, 5.74) is 3.01. The number of hydrogen-bond donors (Lipinski definition) is 1. The molecule has 0 spiro atoms. The van der Waals surface area contributed by atoms with Crippen molar-refractivity contribution in [3.8, 4) is 0 Å². The Morgan fingerprint density at radius 2 is 1.77 bits per heavy atom. The van der Waals surface area contributed by atoms with Gasteiger partial charge in [-0.15, -0.1) is 0 Å². The summed E-state index contributed by atoms with van der Waals surface area (Å²) in [6.45, 7) is 4.26. The minimum atomic E-state index is -0.0491. The van der Waals surface area contributed by atoms with E-state index in [1.165, 1.54) is 5.56 Å². The van der Waals surface area contributed by atoms with E-state index in [2.05, 4.69) is 20.9 Å². The first kappa shape index (κ1) is 20.0. The number of carbonyl (C=O) groups excluding carboxylic acids is 1. The Morgan fingerprint density at radius 1 is 1.00 bits per heavy atom. The number of H-pyrrole nitrogens is 1. The van der Waals surface area contributed by atoms with Gasteiger partial charge in [-0.2, -0.15) is 0 Å². The molecule has 2 aliphatic heterocycles. The summed E-state index contributed by atoms with van der Waals surface area (Å²) < 4.78 is 1.88. The van der Waals surface area contributed by atoms with Crippen LogP contribution in [0.4, 0.5) is 0 Å². The third kappa shape index (κ3) is 4.14. The molecule has 0 atom stereocenters. The molecule has 7 heteroatoms. The van der Waals surface area contributed by atoms with Crippen LogP contribution in [0.25, 0.3) is 11.0 Å². The lowest BCUT2D eigenvalue weighted by molar-refractivity contribution is -0.138. The van der Waals surface area contributed by atoms with Gasteiger partial charge >= 0.3 is 5.69 Å². The number of rotatable bonds is 4. The van der Waals surface area contributed by atoms with E-state index in [0.29, 0.717) is 5.91 Å². The summed E-state index contributed by atoms with van der Waals surface area (Å²) in [5.74, 6) is 0.420. The average molecular weight is 420 g/mol. The van der Waals surface area contributed by atoms with Crippen molar-refractivity contribution in [1.82, 2.24) is 24.3 Å². The maximum Gasteiger partial charge on any atom is 0.326 e. The lowest BCUT2D eigenvalue weighted by Crippen LogP contribution is -2.46. The number of likely N-dealkylation sites (tertiary alicyclic amines) is 2. The van der Waals surface area contributed by atoms with Crippen molar-refractivity contribution in [2.45, 2.75) is 38.3 Å². The van der Waals surface area contributed by atoms with Crippen molar-refractivity contribution in [1.29, 1.82) is 0 Å². The van der Waals surface area contributed by atoms with Crippen molar-refractivity contribution in [3.05, 3.63) is 64.8 Å². The molecule has 3 aromatic rings. The lowest BCUT2D eigenvalue weighted by atomic mass is 9.93. The summed E-state index contributed by atoms with van der Waals surface area (Å²) in [7, 11) is 0. The second-order valence-electron chi connectivity index (χ2n) is 8.79. The molecule has 2 saturated heterocycles. The van der Waals surface area contributed by atoms with Gasteiger partial charge in [-0.25, -0.2) is 4.79 Å². The number of carbonyl (C=O) groups is 1. The highest BCUT2D eigenvalue weighted by Crippen LogP contribution is 2.28. The molecular weight excluding hydrogens is 390 g/mol. The average Bonchev–Trinajstić information content (AvgIpc) is 3.15. The van der Waals surface area contributed by atoms with Crippen LogP contribution < -0.4 is 5.69 Å². The zero-order valence-corrected chi connectivity index (χ0v) is 17.7. The summed E-state index contributed by atoms with van der Waals surface area (Å²) in [6, 6.07) is 12.1. The maximum absolute atomic E-state index is 13.1. The summed E-state index contributed by atoms with van der Waals surface area (Å²) >= 11 is 0. The Balaban J connectivity index is 1.15. The van der Waals surface area contributed by atoms with Crippen LogP contribution in [0, 0.1) is 5.92 Å². The fourth-order valence-electron chi connectivity index (χ4n) is 5.13. The number of piperidine rings is 2. The van der Waals surface area contributed by atoms with Crippen molar-refractivity contribution in [2.24, 2.45) is 5.92 Å². The summed E-state index contributed by atoms with van der Waals surface area (Å²) in [4.78, 5) is 37.2. The van der Waals surface area contributed by atoms with Crippen molar-refractivity contribution in [2.75, 3.05) is 26.2 Å². The van der Waals surface area contributed by atoms with Crippen LogP contribution in [-0.4, -0.2) is 56.4 Å². The molecule has 2 aliphatic rings. The quantitative estimate of drug-likeness (QED) is 0.706. The van der Waals surface area contributed by atoms with Gasteiger partial charge in [0.15, 0.2) is 0 Å². The van der Waals surface area contributed by atoms with Gasteiger partial charge in [0.05, 0.1) is 11.0 Å². The minimum absolute atomic E-state index is 0.0491. The molecule has 5 rings (SSSR count). The summed E-state index contributed by atoms with van der Waals surface area (Å²) in [5, 5.41) is 0. The number of nitrogens with one attached hydrogen (secondary N) is 1. The molecule has 1 amide bonds. The number of fused-ring (bicyclic) bond motifs is 1. The SMILES string of the molecule is O=C(C1CCN(Cc2cccnc2)CC1)N1CCC(n2c(=O)[nH]c3ccccc32)CC1. The molecule has 1 aromatic carbocycles. The van der Waals surface area contributed by atoms with E-state index in [0.717, 1.165) is 69.4 Å². The van der Waals surface area contributed by atoms with Crippen LogP contribution in [0.5, 0.6) is 0 Å². The predicted molar refractivity (Wildman–Crippen MR) is 120 cm³/mol. The van der Waals surface area contributed by atoms with Crippen LogP contribution in [0.2, 0.25) is 0 Å². The monoisotopic (exact) mass is 419 g/mol. The molecule has 31 heavy (non-hydrogen) atoms. The van der Waals surface area contributed by atoms with Crippen LogP contribution in [-0.2, 0) is 11.3 Å². The maximum atomic E-state index is 13.1. The van der Waals surface area contributed by atoms with Gasteiger partial charge in [0.2, 0.25) is 5.91 Å². The van der Waals surface area contributed by atoms with E-state index >= 15 is 0 Å². The Bertz CT molecular complexity index is 1090. The zero-order valence-electron chi connectivity index (χ0n) is 17.7. The number of imidazole rings is 1. The van der Waals surface area contributed by atoms with Crippen molar-refractivity contribution < 1.29 is 4.79 Å². The number of nitrogens with zero attached hydrogens (tertiary/aromatic N) is 4. The molecule has 1 N–H and O–H groups in total. The third-order valence-corrected chi connectivity index (χ3v) is 6.83. The van der Waals surface area contributed by atoms with E-state index in [1.807, 2.05) is 46.0 Å². The molecule has 0 saturated carbocycles. The van der Waals surface area contributed by atoms with Gasteiger partial charge < -0.3 is 9.88 Å². The highest BCUT2D eigenvalue weighted by molar-refractivity contribution is 5.79. The molecule has 0 aliphatic carbocycles. The number of hydrogen-bond acceptors (Lipinski definition) is 4. The van der Waals surface area contributed by atoms with Crippen LogP contribution in [0.3, 0.4) is 0 Å². The number of benzene rings is 1. The van der Waals surface area contributed by atoms with E-state index < -0.39 is 0 Å². The Kier molecular flexibility index (Phi) is 5.59. The van der Waals surface area contributed by atoms with Gasteiger partial charge in [0.25, 0.3) is 0 Å². The van der Waals surface area contributed by atoms with Crippen LogP contribution in [0.1, 0.15) is 37.3 Å². The van der Waals surface area contributed by atoms with E-state index in [1.54, 1.807) is 6.20 Å². The van der Waals surface area contributed by atoms with Gasteiger partial charge in [-0.3, -0.25) is 19.2 Å². The van der Waals surface area contributed by atoms with Gasteiger partial charge in [0.1, 0.15) is 0 Å². The second-order valence-corrected chi connectivity index (χ2v) is 8.79. The molecule has 0 unspecified atom stereocenters. The highest BCUT2D eigenvalue weighted by atomic mass is 16.2. The van der Waals surface area contributed by atoms with Gasteiger partial charge in [-0.05, 0) is 62.5 Å². The summed E-state index contributed by atoms with van der Waals surface area (Å²) in [6.07, 6.45) is 7.20. The molecule has 7 nitrogen and oxygen atoms in total. The molecule has 2 aromatic heterocycles. The van der Waals surface area contributed by atoms with Crippen LogP contribution >= 0.6 is 0 Å². The predicted octanol–water partition coefficient (Wildman–Crippen LogP) is 2.80. The number of amides is 1. The largest absolute Gasteiger partial charge is 0.342 e. The third-order valence-electron chi connectivity index (χ3n) is 6.83. The van der Waals surface area contributed by atoms with E-state index in [-0.39, 0.29) is 17.6 Å². The minimum Gasteiger partial charge on any atom is -0.342 e. The topological polar surface area (TPSA) is 74.2 Å². The molecular formula is C24H29N5O2. The van der Waals surface area contributed by atoms with Crippen LogP contribution in [0.15, 0.2) is 53.6 Å². The highest BCUT2D eigenvalue weighted by Gasteiger charge is 2.32. The van der Waals surface area contributed by atoms with Crippen molar-refractivity contribution in [3.63, 3.8) is 0 Å². The van der Waals surface area contributed by atoms with E-state index in [4.69, 9.17) is 0 Å². The van der Waals surface area contributed by atoms with E-state index in [9.17, 15) is 9.59 Å². The first-order valence-corrected chi connectivity index (χ1v) is 11.3. The molecule has 0 bridgehead atoms. The van der Waals surface area contributed by atoms with Crippen molar-refractivity contribution >= 4 is 16.9 Å². The standard InChI is InChI=1S/C24H29N5O2/c30-23(19-7-12-27(13-8-19)17-18-4-3-11-25-16-18)28-14-9-20(10-15-28)29-22-6-2-1-5-21(22)26-24(29)31/h1-6,11,16,19-20H,7-10,12-15,17H2,(H,26,31). The first-order valence-electron chi connectivity index (χ1n) is 11.3. The smallest absolute Gasteiger partial charge is 0.326 e. The molecule has 162 valence electrons. The Hall–Kier alpha value is -2.93. The second kappa shape index (κ2) is 8.67. The van der Waals surface area contributed by atoms with Gasteiger partial charge in [0, 0.05) is 44.0 Å². The molecule has 0 radical (unpaired) electrons. The number of para-hydroxylation sites is 2. The molecule has 4 heterocycles. The molecule has 2 fully saturated rings. The number of pyridine rings is 1. The lowest BCUT2D eigenvalue weighted by Gasteiger charge is -2.37. The number of aromatic amines is 1. The Labute approximate surface area is 181 Å². The fraction of sp³-hybridized carbons (Fsp3) is 0.458.